The molecule has 0 aliphatic rings. The molecule has 0 aliphatic carbocycles. The van der Waals surface area contributed by atoms with Gasteiger partial charge in [-0.25, -0.2) is 0 Å². The van der Waals surface area contributed by atoms with E-state index in [1.54, 1.807) is 0 Å². The number of carbonyl (C=O) groups excluding carboxylic acids is 1. The molecule has 0 spiro atoms. The number of hydrogen-bond donors (Lipinski definition) is 1. The van der Waals surface area contributed by atoms with E-state index in [-0.39, 0.29) is 12.6 Å². The van der Waals surface area contributed by atoms with Gasteiger partial charge < -0.3 is 24.1 Å². The fourth-order valence-corrected chi connectivity index (χ4v) is 1.32. The molecule has 0 bridgehead atoms. The summed E-state index contributed by atoms with van der Waals surface area (Å²) < 4.78 is 20.8. The van der Waals surface area contributed by atoms with E-state index in [0.717, 1.165) is 0 Å². The van der Waals surface area contributed by atoms with E-state index in [0.29, 0.717) is 52.5 Å². The number of aliphatic hydroxyl groups excluding tert-OH is 1. The van der Waals surface area contributed by atoms with Gasteiger partial charge in [0.25, 0.3) is 0 Å². The van der Waals surface area contributed by atoms with Crippen LogP contribution in [0.15, 0.2) is 0 Å². The Kier molecular flexibility index (Phi) is 11.7. The fourth-order valence-electron chi connectivity index (χ4n) is 1.32. The van der Waals surface area contributed by atoms with Gasteiger partial charge in [0.2, 0.25) is 0 Å². The van der Waals surface area contributed by atoms with Crippen molar-refractivity contribution in [2.45, 2.75) is 39.2 Å². The zero-order valence-electron chi connectivity index (χ0n) is 12.9. The maximum absolute atomic E-state index is 11.4. The molecule has 0 amide bonds. The molecule has 0 aromatic carbocycles. The zero-order valence-corrected chi connectivity index (χ0v) is 12.9. The third-order valence-corrected chi connectivity index (χ3v) is 2.07. The standard InChI is InChI=1S/C14H28O6/c1-14(2,3)20-13(16)5-4-7-17-9-11-19-12-10-18-8-6-15/h15H,4-12H2,1-3H3. The number of hydrogen-bond acceptors (Lipinski definition) is 6. The SMILES string of the molecule is CC(C)(C)OC(=O)CCCOCCOCCOCCO. The summed E-state index contributed by atoms with van der Waals surface area (Å²) in [6, 6.07) is 0. The summed E-state index contributed by atoms with van der Waals surface area (Å²) in [6.45, 7) is 8.38. The molecule has 0 atom stereocenters. The van der Waals surface area contributed by atoms with E-state index in [9.17, 15) is 4.79 Å². The summed E-state index contributed by atoms with van der Waals surface area (Å²) >= 11 is 0. The van der Waals surface area contributed by atoms with Gasteiger partial charge in [0.05, 0.1) is 39.6 Å². The average Bonchev–Trinajstić information content (AvgIpc) is 2.34. The van der Waals surface area contributed by atoms with Gasteiger partial charge in [-0.1, -0.05) is 0 Å². The van der Waals surface area contributed by atoms with Crippen molar-refractivity contribution in [2.24, 2.45) is 0 Å². The normalized spacial score (nSPS) is 11.6. The van der Waals surface area contributed by atoms with Crippen molar-refractivity contribution in [3.63, 3.8) is 0 Å². The molecule has 1 N–H and O–H groups in total. The lowest BCUT2D eigenvalue weighted by molar-refractivity contribution is -0.155. The van der Waals surface area contributed by atoms with E-state index in [2.05, 4.69) is 0 Å². The Balaban J connectivity index is 3.19. The Hall–Kier alpha value is -0.690. The van der Waals surface area contributed by atoms with Crippen LogP contribution in [0.4, 0.5) is 0 Å². The molecule has 6 nitrogen and oxygen atoms in total. The van der Waals surface area contributed by atoms with Gasteiger partial charge >= 0.3 is 5.97 Å². The quantitative estimate of drug-likeness (QED) is 0.430. The Morgan fingerprint density at radius 3 is 1.90 bits per heavy atom. The third-order valence-electron chi connectivity index (χ3n) is 2.07. The highest BCUT2D eigenvalue weighted by Gasteiger charge is 2.15. The van der Waals surface area contributed by atoms with Crippen molar-refractivity contribution >= 4 is 5.97 Å². The van der Waals surface area contributed by atoms with Gasteiger partial charge in [0, 0.05) is 13.0 Å². The van der Waals surface area contributed by atoms with Gasteiger partial charge in [-0.2, -0.15) is 0 Å². The van der Waals surface area contributed by atoms with Crippen LogP contribution in [0, 0.1) is 0 Å². The summed E-state index contributed by atoms with van der Waals surface area (Å²) in [5, 5.41) is 8.47. The Labute approximate surface area is 121 Å². The molecule has 0 aliphatic heterocycles. The average molecular weight is 292 g/mol. The van der Waals surface area contributed by atoms with E-state index in [1.165, 1.54) is 0 Å². The van der Waals surface area contributed by atoms with Crippen LogP contribution in [0.3, 0.4) is 0 Å². The van der Waals surface area contributed by atoms with Crippen molar-refractivity contribution in [3.8, 4) is 0 Å². The Morgan fingerprint density at radius 1 is 0.900 bits per heavy atom. The lowest BCUT2D eigenvalue weighted by Crippen LogP contribution is -2.23. The van der Waals surface area contributed by atoms with Crippen LogP contribution in [0.25, 0.3) is 0 Å². The number of esters is 1. The Morgan fingerprint density at radius 2 is 1.40 bits per heavy atom. The van der Waals surface area contributed by atoms with Crippen LogP contribution < -0.4 is 0 Å². The molecule has 120 valence electrons. The van der Waals surface area contributed by atoms with Crippen molar-refractivity contribution in [1.29, 1.82) is 0 Å². The molecule has 0 rings (SSSR count). The summed E-state index contributed by atoms with van der Waals surface area (Å²) in [6.07, 6.45) is 1.02. The monoisotopic (exact) mass is 292 g/mol. The van der Waals surface area contributed by atoms with Gasteiger partial charge in [-0.05, 0) is 27.2 Å². The molecule has 0 saturated heterocycles. The first-order chi connectivity index (χ1) is 9.45. The van der Waals surface area contributed by atoms with Crippen molar-refractivity contribution in [2.75, 3.05) is 46.2 Å². The maximum Gasteiger partial charge on any atom is 0.306 e. The number of ether oxygens (including phenoxy) is 4. The van der Waals surface area contributed by atoms with Crippen LogP contribution in [-0.4, -0.2) is 62.9 Å². The minimum absolute atomic E-state index is 0.0285. The summed E-state index contributed by atoms with van der Waals surface area (Å²) in [7, 11) is 0. The van der Waals surface area contributed by atoms with Crippen LogP contribution >= 0.6 is 0 Å². The third kappa shape index (κ3) is 15.4. The molecular weight excluding hydrogens is 264 g/mol. The highest BCUT2D eigenvalue weighted by molar-refractivity contribution is 5.69. The molecule has 0 radical (unpaired) electrons. The molecule has 0 heterocycles. The second-order valence-corrected chi connectivity index (χ2v) is 5.25. The molecule has 0 unspecified atom stereocenters. The first kappa shape index (κ1) is 19.3. The molecule has 0 fully saturated rings. The van der Waals surface area contributed by atoms with Gasteiger partial charge in [-0.15, -0.1) is 0 Å². The predicted octanol–water partition coefficient (Wildman–Crippen LogP) is 1.15. The first-order valence-electron chi connectivity index (χ1n) is 7.01. The number of carbonyl (C=O) groups is 1. The molecule has 20 heavy (non-hydrogen) atoms. The Bertz CT molecular complexity index is 236. The van der Waals surface area contributed by atoms with E-state index in [4.69, 9.17) is 24.1 Å². The smallest absolute Gasteiger partial charge is 0.306 e. The second-order valence-electron chi connectivity index (χ2n) is 5.25. The maximum atomic E-state index is 11.4. The van der Waals surface area contributed by atoms with Gasteiger partial charge in [0.1, 0.15) is 5.60 Å². The van der Waals surface area contributed by atoms with E-state index < -0.39 is 5.60 Å². The fraction of sp³-hybridized carbons (Fsp3) is 0.929. The van der Waals surface area contributed by atoms with Crippen molar-refractivity contribution in [3.05, 3.63) is 0 Å². The summed E-state index contributed by atoms with van der Waals surface area (Å²) in [4.78, 5) is 11.4. The lowest BCUT2D eigenvalue weighted by atomic mass is 10.2. The second kappa shape index (κ2) is 12.1. The van der Waals surface area contributed by atoms with Gasteiger partial charge in [0.15, 0.2) is 0 Å². The highest BCUT2D eigenvalue weighted by Crippen LogP contribution is 2.08. The first-order valence-corrected chi connectivity index (χ1v) is 7.01. The minimum Gasteiger partial charge on any atom is -0.460 e. The summed E-state index contributed by atoms with van der Waals surface area (Å²) in [5.41, 5.74) is -0.427. The molecule has 0 saturated carbocycles. The van der Waals surface area contributed by atoms with Crippen LogP contribution in [0.5, 0.6) is 0 Å². The number of rotatable bonds is 12. The van der Waals surface area contributed by atoms with Crippen molar-refractivity contribution < 1.29 is 28.8 Å². The molecule has 0 aromatic rings. The molecule has 0 aromatic heterocycles. The highest BCUT2D eigenvalue weighted by atomic mass is 16.6. The minimum atomic E-state index is -0.427. The predicted molar refractivity (Wildman–Crippen MR) is 74.6 cm³/mol. The molecular formula is C14H28O6. The van der Waals surface area contributed by atoms with Crippen LogP contribution in [-0.2, 0) is 23.7 Å². The molecule has 6 heteroatoms. The lowest BCUT2D eigenvalue weighted by Gasteiger charge is -2.19. The summed E-state index contributed by atoms with van der Waals surface area (Å²) in [5.74, 6) is -0.196. The van der Waals surface area contributed by atoms with Gasteiger partial charge in [-0.3, -0.25) is 4.79 Å². The van der Waals surface area contributed by atoms with E-state index >= 15 is 0 Å². The topological polar surface area (TPSA) is 74.2 Å². The van der Waals surface area contributed by atoms with E-state index in [1.807, 2.05) is 20.8 Å². The van der Waals surface area contributed by atoms with Crippen LogP contribution in [0.2, 0.25) is 0 Å². The van der Waals surface area contributed by atoms with Crippen LogP contribution in [0.1, 0.15) is 33.6 Å². The number of aliphatic hydroxyl groups is 1. The zero-order chi connectivity index (χ0) is 15.3. The van der Waals surface area contributed by atoms with Crippen molar-refractivity contribution in [1.82, 2.24) is 0 Å². The largest absolute Gasteiger partial charge is 0.460 e.